The maximum atomic E-state index is 14.1. The van der Waals surface area contributed by atoms with E-state index in [1.807, 2.05) is 37.3 Å². The van der Waals surface area contributed by atoms with Crippen molar-refractivity contribution in [3.8, 4) is 0 Å². The van der Waals surface area contributed by atoms with E-state index in [9.17, 15) is 17.2 Å². The van der Waals surface area contributed by atoms with Crippen LogP contribution in [0.1, 0.15) is 37.8 Å². The summed E-state index contributed by atoms with van der Waals surface area (Å²) in [5, 5.41) is 3.09. The number of rotatable bonds is 5. The molecule has 0 spiro atoms. The third kappa shape index (κ3) is 4.47. The van der Waals surface area contributed by atoms with Crippen molar-refractivity contribution >= 4 is 10.1 Å². The average Bonchev–Trinajstić information content (AvgIpc) is 2.42. The van der Waals surface area contributed by atoms with Gasteiger partial charge in [-0.05, 0) is 25.3 Å². The molecule has 0 bridgehead atoms. The van der Waals surface area contributed by atoms with Crippen molar-refractivity contribution < 1.29 is 21.4 Å². The van der Waals surface area contributed by atoms with Crippen LogP contribution < -0.4 is 5.32 Å². The molecule has 1 aromatic rings. The van der Waals surface area contributed by atoms with Gasteiger partial charge in [0, 0.05) is 18.5 Å². The second-order valence-corrected chi connectivity index (χ2v) is 7.38. The van der Waals surface area contributed by atoms with Crippen LogP contribution >= 0.6 is 0 Å². The van der Waals surface area contributed by atoms with Gasteiger partial charge in [0.05, 0.1) is 6.26 Å². The van der Waals surface area contributed by atoms with Crippen LogP contribution in [0.4, 0.5) is 8.78 Å². The lowest BCUT2D eigenvalue weighted by Gasteiger charge is -2.38. The van der Waals surface area contributed by atoms with Crippen LogP contribution in [0, 0.1) is 0 Å². The van der Waals surface area contributed by atoms with Crippen LogP contribution in [0.2, 0.25) is 0 Å². The Balaban J connectivity index is 2.16. The van der Waals surface area contributed by atoms with Gasteiger partial charge in [-0.3, -0.25) is 4.18 Å². The molecule has 1 aromatic carbocycles. The topological polar surface area (TPSA) is 55.4 Å². The first-order valence-electron chi connectivity index (χ1n) is 7.26. The number of nitrogens with one attached hydrogen (secondary N) is 1. The van der Waals surface area contributed by atoms with E-state index in [0.717, 1.165) is 11.8 Å². The van der Waals surface area contributed by atoms with E-state index < -0.39 is 28.2 Å². The zero-order valence-corrected chi connectivity index (χ0v) is 13.4. The lowest BCUT2D eigenvalue weighted by molar-refractivity contribution is -0.131. The van der Waals surface area contributed by atoms with Crippen molar-refractivity contribution in [2.45, 2.75) is 50.3 Å². The molecular formula is C15H21F2NO3S. The summed E-state index contributed by atoms with van der Waals surface area (Å²) in [6.45, 7) is 1.86. The highest BCUT2D eigenvalue weighted by molar-refractivity contribution is 7.86. The highest BCUT2D eigenvalue weighted by Gasteiger charge is 2.49. The Labute approximate surface area is 130 Å². The normalized spacial score (nSPS) is 26.5. The van der Waals surface area contributed by atoms with E-state index >= 15 is 0 Å². The van der Waals surface area contributed by atoms with Crippen molar-refractivity contribution in [2.24, 2.45) is 0 Å². The molecule has 22 heavy (non-hydrogen) atoms. The molecule has 1 fully saturated rings. The molecule has 1 saturated carbocycles. The quantitative estimate of drug-likeness (QED) is 0.842. The van der Waals surface area contributed by atoms with Gasteiger partial charge in [0.15, 0.2) is 6.10 Å². The second-order valence-electron chi connectivity index (χ2n) is 5.78. The van der Waals surface area contributed by atoms with Crippen LogP contribution in [-0.2, 0) is 14.3 Å². The first kappa shape index (κ1) is 17.3. The summed E-state index contributed by atoms with van der Waals surface area (Å²) in [5.41, 5.74) is 0.953. The Morgan fingerprint density at radius 1 is 1.32 bits per heavy atom. The molecule has 0 saturated heterocycles. The second kappa shape index (κ2) is 6.60. The maximum absolute atomic E-state index is 14.1. The van der Waals surface area contributed by atoms with Gasteiger partial charge < -0.3 is 5.32 Å². The molecule has 124 valence electrons. The summed E-state index contributed by atoms with van der Waals surface area (Å²) in [6.07, 6.45) is -0.439. The third-order valence-corrected chi connectivity index (χ3v) is 4.41. The molecule has 0 heterocycles. The van der Waals surface area contributed by atoms with Crippen molar-refractivity contribution in [2.75, 3.05) is 6.26 Å². The first-order valence-corrected chi connectivity index (χ1v) is 9.08. The van der Waals surface area contributed by atoms with Crippen LogP contribution in [0.5, 0.6) is 0 Å². The largest absolute Gasteiger partial charge is 0.305 e. The molecule has 0 aromatic heterocycles. The van der Waals surface area contributed by atoms with Gasteiger partial charge in [0.1, 0.15) is 0 Å². The maximum Gasteiger partial charge on any atom is 0.276 e. The van der Waals surface area contributed by atoms with Gasteiger partial charge in [-0.2, -0.15) is 8.42 Å². The highest BCUT2D eigenvalue weighted by atomic mass is 32.2. The zero-order chi connectivity index (χ0) is 16.4. The number of hydrogen-bond acceptors (Lipinski definition) is 4. The van der Waals surface area contributed by atoms with Gasteiger partial charge >= 0.3 is 0 Å². The zero-order valence-electron chi connectivity index (χ0n) is 12.6. The van der Waals surface area contributed by atoms with Gasteiger partial charge in [-0.25, -0.2) is 8.78 Å². The Hall–Kier alpha value is -1.05. The lowest BCUT2D eigenvalue weighted by Crippen LogP contribution is -2.55. The molecule has 7 heteroatoms. The van der Waals surface area contributed by atoms with Gasteiger partial charge in [0.2, 0.25) is 0 Å². The fourth-order valence-electron chi connectivity index (χ4n) is 2.80. The smallest absolute Gasteiger partial charge is 0.276 e. The number of hydrogen-bond donors (Lipinski definition) is 1. The van der Waals surface area contributed by atoms with E-state index in [2.05, 4.69) is 5.32 Å². The fourth-order valence-corrected chi connectivity index (χ4v) is 3.45. The van der Waals surface area contributed by atoms with E-state index in [1.54, 1.807) is 0 Å². The van der Waals surface area contributed by atoms with Crippen molar-refractivity contribution in [1.29, 1.82) is 0 Å². The van der Waals surface area contributed by atoms with Gasteiger partial charge in [-0.1, -0.05) is 30.3 Å². The summed E-state index contributed by atoms with van der Waals surface area (Å²) < 4.78 is 55.5. The van der Waals surface area contributed by atoms with Crippen molar-refractivity contribution in [3.05, 3.63) is 35.9 Å². The standard InChI is InChI=1S/C15H21F2NO3S/c1-11(12-7-4-3-5-8-12)18-13-9-6-10-15(16,17)14(13)21-22(2,19)20/h3-5,7-8,11,13-14,18H,6,9-10H2,1-2H3/t11-,13?,14?/m1/s1. The van der Waals surface area contributed by atoms with Gasteiger partial charge in [-0.15, -0.1) is 0 Å². The molecule has 0 radical (unpaired) electrons. The minimum Gasteiger partial charge on any atom is -0.305 e. The predicted molar refractivity (Wildman–Crippen MR) is 80.3 cm³/mol. The Morgan fingerprint density at radius 3 is 2.55 bits per heavy atom. The highest BCUT2D eigenvalue weighted by Crippen LogP contribution is 2.37. The van der Waals surface area contributed by atoms with E-state index in [0.29, 0.717) is 12.8 Å². The minimum atomic E-state index is -3.95. The van der Waals surface area contributed by atoms with Crippen LogP contribution in [-0.4, -0.2) is 32.7 Å². The molecule has 1 aliphatic rings. The SMILES string of the molecule is C[C@@H](NC1CCCC(F)(F)C1OS(C)(=O)=O)c1ccccc1. The van der Waals surface area contributed by atoms with Crippen LogP contribution in [0.15, 0.2) is 30.3 Å². The van der Waals surface area contributed by atoms with Crippen LogP contribution in [0.25, 0.3) is 0 Å². The summed E-state index contributed by atoms with van der Waals surface area (Å²) in [5.74, 6) is -3.16. The van der Waals surface area contributed by atoms with Gasteiger partial charge in [0.25, 0.3) is 16.0 Å². The number of benzene rings is 1. The molecule has 1 aliphatic carbocycles. The molecule has 0 amide bonds. The minimum absolute atomic E-state index is 0.175. The Kier molecular flexibility index (Phi) is 5.19. The number of halogens is 2. The van der Waals surface area contributed by atoms with Crippen LogP contribution in [0.3, 0.4) is 0 Å². The number of alkyl halides is 2. The van der Waals surface area contributed by atoms with Crippen molar-refractivity contribution in [3.63, 3.8) is 0 Å². The molecule has 2 unspecified atom stereocenters. The fraction of sp³-hybridized carbons (Fsp3) is 0.600. The predicted octanol–water partition coefficient (Wildman–Crippen LogP) is 2.87. The average molecular weight is 333 g/mol. The van der Waals surface area contributed by atoms with Crippen molar-refractivity contribution in [1.82, 2.24) is 5.32 Å². The Morgan fingerprint density at radius 2 is 1.95 bits per heavy atom. The first-order chi connectivity index (χ1) is 10.2. The molecule has 0 aliphatic heterocycles. The lowest BCUT2D eigenvalue weighted by atomic mass is 9.88. The third-order valence-electron chi connectivity index (χ3n) is 3.85. The summed E-state index contributed by atoms with van der Waals surface area (Å²) in [6, 6.07) is 8.51. The molecular weight excluding hydrogens is 312 g/mol. The molecule has 3 atom stereocenters. The van der Waals surface area contributed by atoms with E-state index in [1.165, 1.54) is 0 Å². The molecule has 1 N–H and O–H groups in total. The summed E-state index contributed by atoms with van der Waals surface area (Å²) in [4.78, 5) is 0. The monoisotopic (exact) mass is 333 g/mol. The summed E-state index contributed by atoms with van der Waals surface area (Å²) >= 11 is 0. The summed E-state index contributed by atoms with van der Waals surface area (Å²) in [7, 11) is -3.95. The van der Waals surface area contributed by atoms with E-state index in [4.69, 9.17) is 4.18 Å². The van der Waals surface area contributed by atoms with E-state index in [-0.39, 0.29) is 12.5 Å². The molecule has 2 rings (SSSR count). The molecule has 4 nitrogen and oxygen atoms in total. The Bertz CT molecular complexity index is 592.